The molecule has 0 saturated carbocycles. The van der Waals surface area contributed by atoms with Gasteiger partial charge in [-0.05, 0) is 31.9 Å². The summed E-state index contributed by atoms with van der Waals surface area (Å²) in [6, 6.07) is 4.17. The Labute approximate surface area is 146 Å². The number of non-ortho nitro benzene ring substituents is 1. The van der Waals surface area contributed by atoms with Gasteiger partial charge in [-0.15, -0.1) is 0 Å². The molecule has 1 atom stereocenters. The minimum Gasteiger partial charge on any atom is -0.481 e. The van der Waals surface area contributed by atoms with Gasteiger partial charge in [-0.25, -0.2) is 0 Å². The molecular weight excluding hydrogens is 328 g/mol. The number of ether oxygens (including phenoxy) is 1. The number of rotatable bonds is 10. The van der Waals surface area contributed by atoms with Crippen LogP contribution in [0.15, 0.2) is 18.2 Å². The number of nitro groups is 1. The van der Waals surface area contributed by atoms with Crippen molar-refractivity contribution in [1.29, 1.82) is 0 Å². The van der Waals surface area contributed by atoms with E-state index in [1.54, 1.807) is 13.0 Å². The van der Waals surface area contributed by atoms with Crippen LogP contribution in [0.1, 0.15) is 36.2 Å². The molecule has 0 aliphatic carbocycles. The van der Waals surface area contributed by atoms with Crippen molar-refractivity contribution in [3.8, 4) is 0 Å². The van der Waals surface area contributed by atoms with E-state index in [0.717, 1.165) is 0 Å². The van der Waals surface area contributed by atoms with E-state index in [2.05, 4.69) is 0 Å². The van der Waals surface area contributed by atoms with Crippen molar-refractivity contribution >= 4 is 17.6 Å². The number of aryl methyl sites for hydroxylation is 1. The fourth-order valence-electron chi connectivity index (χ4n) is 2.36. The van der Waals surface area contributed by atoms with E-state index in [9.17, 15) is 19.7 Å². The normalized spacial score (nSPS) is 11.8. The molecule has 0 radical (unpaired) electrons. The molecule has 0 fully saturated rings. The molecule has 138 valence electrons. The summed E-state index contributed by atoms with van der Waals surface area (Å²) < 4.78 is 5.25. The summed E-state index contributed by atoms with van der Waals surface area (Å²) in [7, 11) is 0. The molecule has 0 aliphatic heterocycles. The molecule has 1 N–H and O–H groups in total. The number of hydrogen-bond acceptors (Lipinski definition) is 5. The number of carbonyl (C=O) groups is 2. The Morgan fingerprint density at radius 2 is 2.04 bits per heavy atom. The zero-order valence-electron chi connectivity index (χ0n) is 14.7. The van der Waals surface area contributed by atoms with Crippen molar-refractivity contribution < 1.29 is 24.4 Å². The van der Waals surface area contributed by atoms with Crippen molar-refractivity contribution in [2.24, 2.45) is 5.92 Å². The molecule has 0 bridgehead atoms. The van der Waals surface area contributed by atoms with Crippen LogP contribution >= 0.6 is 0 Å². The van der Waals surface area contributed by atoms with Gasteiger partial charge in [0, 0.05) is 44.0 Å². The first-order valence-corrected chi connectivity index (χ1v) is 8.12. The molecule has 1 rings (SSSR count). The first-order valence-electron chi connectivity index (χ1n) is 8.12. The number of aliphatic carboxylic acids is 1. The number of carboxylic acids is 1. The Morgan fingerprint density at radius 1 is 1.36 bits per heavy atom. The zero-order chi connectivity index (χ0) is 19.0. The third-order valence-electron chi connectivity index (χ3n) is 3.64. The predicted octanol–water partition coefficient (Wildman–Crippen LogP) is 2.49. The fourth-order valence-corrected chi connectivity index (χ4v) is 2.36. The highest BCUT2D eigenvalue weighted by Gasteiger charge is 2.23. The van der Waals surface area contributed by atoms with Gasteiger partial charge in [-0.2, -0.15) is 0 Å². The van der Waals surface area contributed by atoms with Gasteiger partial charge in [0.15, 0.2) is 0 Å². The van der Waals surface area contributed by atoms with E-state index in [1.807, 2.05) is 6.92 Å². The average molecular weight is 352 g/mol. The van der Waals surface area contributed by atoms with Gasteiger partial charge in [-0.3, -0.25) is 19.7 Å². The molecule has 0 heterocycles. The van der Waals surface area contributed by atoms with Crippen LogP contribution in [0.5, 0.6) is 0 Å². The maximum Gasteiger partial charge on any atom is 0.308 e. The number of amides is 1. The molecule has 0 spiro atoms. The van der Waals surface area contributed by atoms with Gasteiger partial charge in [0.2, 0.25) is 0 Å². The first-order chi connectivity index (χ1) is 11.8. The third kappa shape index (κ3) is 6.50. The summed E-state index contributed by atoms with van der Waals surface area (Å²) >= 11 is 0. The SMILES string of the molecule is CCOCCCN(CC(C)C(=O)O)C(=O)c1cc(C)cc([N+](=O)[O-])c1. The number of carboxylic acid groups (broad SMARTS) is 1. The highest BCUT2D eigenvalue weighted by Crippen LogP contribution is 2.19. The Morgan fingerprint density at radius 3 is 2.60 bits per heavy atom. The van der Waals surface area contributed by atoms with E-state index >= 15 is 0 Å². The van der Waals surface area contributed by atoms with Gasteiger partial charge in [0.1, 0.15) is 0 Å². The van der Waals surface area contributed by atoms with E-state index in [4.69, 9.17) is 9.84 Å². The summed E-state index contributed by atoms with van der Waals surface area (Å²) in [6.45, 7) is 6.41. The summed E-state index contributed by atoms with van der Waals surface area (Å²) in [4.78, 5) is 35.7. The van der Waals surface area contributed by atoms with Crippen LogP contribution in [0.3, 0.4) is 0 Å². The van der Waals surface area contributed by atoms with Crippen molar-refractivity contribution in [3.63, 3.8) is 0 Å². The molecule has 8 heteroatoms. The molecule has 0 aromatic heterocycles. The van der Waals surface area contributed by atoms with E-state index in [-0.39, 0.29) is 17.8 Å². The Balaban J connectivity index is 3.00. The zero-order valence-corrected chi connectivity index (χ0v) is 14.7. The van der Waals surface area contributed by atoms with E-state index in [1.165, 1.54) is 24.0 Å². The molecule has 1 aromatic carbocycles. The van der Waals surface area contributed by atoms with Crippen LogP contribution in [0, 0.1) is 23.0 Å². The highest BCUT2D eigenvalue weighted by molar-refractivity contribution is 5.95. The van der Waals surface area contributed by atoms with Crippen LogP contribution in [-0.2, 0) is 9.53 Å². The second-order valence-electron chi connectivity index (χ2n) is 5.86. The number of nitrogens with zero attached hydrogens (tertiary/aromatic N) is 2. The van der Waals surface area contributed by atoms with Gasteiger partial charge in [-0.1, -0.05) is 6.92 Å². The Bertz CT molecular complexity index is 632. The smallest absolute Gasteiger partial charge is 0.308 e. The lowest BCUT2D eigenvalue weighted by molar-refractivity contribution is -0.384. The molecular formula is C17H24N2O6. The summed E-state index contributed by atoms with van der Waals surface area (Å²) in [5.41, 5.74) is 0.614. The topological polar surface area (TPSA) is 110 Å². The minimum absolute atomic E-state index is 0.0298. The maximum absolute atomic E-state index is 12.8. The van der Waals surface area contributed by atoms with Gasteiger partial charge in [0.05, 0.1) is 10.8 Å². The highest BCUT2D eigenvalue weighted by atomic mass is 16.6. The number of nitro benzene ring substituents is 1. The van der Waals surface area contributed by atoms with Crippen molar-refractivity contribution in [3.05, 3.63) is 39.4 Å². The van der Waals surface area contributed by atoms with E-state index < -0.39 is 22.7 Å². The maximum atomic E-state index is 12.8. The molecule has 0 saturated heterocycles. The molecule has 1 aromatic rings. The second kappa shape index (κ2) is 9.73. The number of benzene rings is 1. The van der Waals surface area contributed by atoms with Gasteiger partial charge >= 0.3 is 5.97 Å². The Kier molecular flexibility index (Phi) is 8.00. The third-order valence-corrected chi connectivity index (χ3v) is 3.64. The van der Waals surface area contributed by atoms with Gasteiger partial charge < -0.3 is 14.7 Å². The lowest BCUT2D eigenvalue weighted by Gasteiger charge is -2.24. The minimum atomic E-state index is -1.00. The number of carbonyl (C=O) groups excluding carboxylic acids is 1. The molecule has 8 nitrogen and oxygen atoms in total. The molecule has 0 aliphatic rings. The monoisotopic (exact) mass is 352 g/mol. The number of hydrogen-bond donors (Lipinski definition) is 1. The van der Waals surface area contributed by atoms with Crippen molar-refractivity contribution in [2.75, 3.05) is 26.3 Å². The lowest BCUT2D eigenvalue weighted by atomic mass is 10.1. The van der Waals surface area contributed by atoms with Crippen LogP contribution in [-0.4, -0.2) is 53.1 Å². The lowest BCUT2D eigenvalue weighted by Crippen LogP contribution is -2.38. The molecule has 1 amide bonds. The summed E-state index contributed by atoms with van der Waals surface area (Å²) in [5.74, 6) is -2.16. The Hall–Kier alpha value is -2.48. The first kappa shape index (κ1) is 20.6. The van der Waals surface area contributed by atoms with Crippen LogP contribution in [0.25, 0.3) is 0 Å². The van der Waals surface area contributed by atoms with Gasteiger partial charge in [0.25, 0.3) is 11.6 Å². The van der Waals surface area contributed by atoms with E-state index in [0.29, 0.717) is 31.7 Å². The standard InChI is InChI=1S/C17H24N2O6/c1-4-25-7-5-6-18(11-13(3)17(21)22)16(20)14-8-12(2)9-15(10-14)19(23)24/h8-10,13H,4-7,11H2,1-3H3,(H,21,22). The van der Waals surface area contributed by atoms with Crippen molar-refractivity contribution in [2.45, 2.75) is 27.2 Å². The second-order valence-corrected chi connectivity index (χ2v) is 5.86. The van der Waals surface area contributed by atoms with Crippen LogP contribution in [0.2, 0.25) is 0 Å². The summed E-state index contributed by atoms with van der Waals surface area (Å²) in [5, 5.41) is 20.1. The van der Waals surface area contributed by atoms with Crippen LogP contribution < -0.4 is 0 Å². The van der Waals surface area contributed by atoms with Crippen LogP contribution in [0.4, 0.5) is 5.69 Å². The molecule has 25 heavy (non-hydrogen) atoms. The quantitative estimate of drug-likeness (QED) is 0.393. The van der Waals surface area contributed by atoms with Crippen molar-refractivity contribution in [1.82, 2.24) is 4.90 Å². The predicted molar refractivity (Wildman–Crippen MR) is 91.6 cm³/mol. The summed E-state index contributed by atoms with van der Waals surface area (Å²) in [6.07, 6.45) is 0.555. The average Bonchev–Trinajstić information content (AvgIpc) is 2.56. The fraction of sp³-hybridized carbons (Fsp3) is 0.529. The molecule has 1 unspecified atom stereocenters. The largest absolute Gasteiger partial charge is 0.481 e.